The van der Waals surface area contributed by atoms with E-state index in [4.69, 9.17) is 15.9 Å². The van der Waals surface area contributed by atoms with E-state index in [-0.39, 0.29) is 23.8 Å². The standard InChI is InChI=1S/C21H32N6O4S/c1-16-14-26(21(28)27(15-16)19-4-2-3-17(13-19)20(22)23)18-5-7-24(8-6-18)32(29,30)25-9-11-31-12-10-25/h2-4,13,16,18H,5-12,14-15H2,1H3,(H3,22,23). The summed E-state index contributed by atoms with van der Waals surface area (Å²) in [7, 11) is -3.49. The van der Waals surface area contributed by atoms with Gasteiger partial charge in [0.2, 0.25) is 0 Å². The number of benzene rings is 1. The Hall–Kier alpha value is -2.21. The first-order valence-electron chi connectivity index (χ1n) is 11.1. The van der Waals surface area contributed by atoms with E-state index < -0.39 is 10.2 Å². The van der Waals surface area contributed by atoms with E-state index in [1.54, 1.807) is 27.4 Å². The Bertz CT molecular complexity index is 957. The molecule has 3 aliphatic heterocycles. The Morgan fingerprint density at radius 2 is 1.75 bits per heavy atom. The van der Waals surface area contributed by atoms with Crippen molar-refractivity contribution in [3.05, 3.63) is 29.8 Å². The Morgan fingerprint density at radius 1 is 1.09 bits per heavy atom. The van der Waals surface area contributed by atoms with Crippen LogP contribution < -0.4 is 10.6 Å². The van der Waals surface area contributed by atoms with Crippen LogP contribution in [-0.2, 0) is 14.9 Å². The first kappa shape index (κ1) is 23.0. The highest BCUT2D eigenvalue weighted by molar-refractivity contribution is 7.86. The Kier molecular flexibility index (Phi) is 6.70. The SMILES string of the molecule is CC1CN(c2cccc(C(=N)N)c2)C(=O)N(C2CCN(S(=O)(=O)N3CCOCC3)CC2)C1. The van der Waals surface area contributed by atoms with Gasteiger partial charge in [-0.1, -0.05) is 19.1 Å². The van der Waals surface area contributed by atoms with Crippen LogP contribution in [0, 0.1) is 11.3 Å². The van der Waals surface area contributed by atoms with Gasteiger partial charge in [-0.05, 0) is 30.9 Å². The molecule has 0 radical (unpaired) electrons. The number of piperidine rings is 1. The van der Waals surface area contributed by atoms with Crippen molar-refractivity contribution >= 4 is 27.8 Å². The Balaban J connectivity index is 1.44. The number of anilines is 1. The first-order chi connectivity index (χ1) is 15.3. The summed E-state index contributed by atoms with van der Waals surface area (Å²) in [4.78, 5) is 17.0. The molecule has 0 aromatic heterocycles. The largest absolute Gasteiger partial charge is 0.384 e. The molecule has 32 heavy (non-hydrogen) atoms. The van der Waals surface area contributed by atoms with Gasteiger partial charge in [-0.3, -0.25) is 10.3 Å². The molecular formula is C21H32N6O4S. The zero-order valence-corrected chi connectivity index (χ0v) is 19.3. The van der Waals surface area contributed by atoms with Crippen LogP contribution in [-0.4, -0.2) is 92.3 Å². The number of carbonyl (C=O) groups is 1. The molecule has 0 spiro atoms. The molecule has 0 bridgehead atoms. The summed E-state index contributed by atoms with van der Waals surface area (Å²) in [5.41, 5.74) is 6.94. The molecule has 11 heteroatoms. The van der Waals surface area contributed by atoms with Gasteiger partial charge in [0.15, 0.2) is 0 Å². The minimum absolute atomic E-state index is 0.000112. The van der Waals surface area contributed by atoms with Crippen LogP contribution in [0.3, 0.4) is 0 Å². The van der Waals surface area contributed by atoms with Gasteiger partial charge >= 0.3 is 6.03 Å². The summed E-state index contributed by atoms with van der Waals surface area (Å²) < 4.78 is 34.2. The molecule has 10 nitrogen and oxygen atoms in total. The fraction of sp³-hybridized carbons (Fsp3) is 0.619. The number of carbonyl (C=O) groups excluding carboxylic acids is 1. The number of hydrogen-bond donors (Lipinski definition) is 2. The molecule has 3 heterocycles. The lowest BCUT2D eigenvalue weighted by Crippen LogP contribution is -2.59. The summed E-state index contributed by atoms with van der Waals surface area (Å²) in [5.74, 6) is 0.235. The monoisotopic (exact) mass is 464 g/mol. The average molecular weight is 465 g/mol. The highest BCUT2D eigenvalue weighted by Crippen LogP contribution is 2.28. The molecule has 0 aliphatic carbocycles. The van der Waals surface area contributed by atoms with Crippen molar-refractivity contribution in [2.24, 2.45) is 11.7 Å². The number of rotatable bonds is 5. The van der Waals surface area contributed by atoms with Crippen molar-refractivity contribution in [2.45, 2.75) is 25.8 Å². The van der Waals surface area contributed by atoms with Gasteiger partial charge in [0, 0.05) is 56.6 Å². The summed E-state index contributed by atoms with van der Waals surface area (Å²) in [6.07, 6.45) is 1.23. The van der Waals surface area contributed by atoms with Crippen LogP contribution in [0.4, 0.5) is 10.5 Å². The number of hydrogen-bond acceptors (Lipinski definition) is 5. The number of amides is 2. The van der Waals surface area contributed by atoms with Crippen molar-refractivity contribution < 1.29 is 17.9 Å². The van der Waals surface area contributed by atoms with Crippen LogP contribution in [0.15, 0.2) is 24.3 Å². The van der Waals surface area contributed by atoms with Gasteiger partial charge in [-0.15, -0.1) is 0 Å². The van der Waals surface area contributed by atoms with E-state index in [9.17, 15) is 13.2 Å². The molecular weight excluding hydrogens is 432 g/mol. The number of urea groups is 1. The highest BCUT2D eigenvalue weighted by atomic mass is 32.2. The molecule has 3 aliphatic rings. The predicted molar refractivity (Wildman–Crippen MR) is 122 cm³/mol. The lowest BCUT2D eigenvalue weighted by atomic mass is 10.00. The fourth-order valence-electron chi connectivity index (χ4n) is 4.70. The van der Waals surface area contributed by atoms with E-state index >= 15 is 0 Å². The molecule has 0 saturated carbocycles. The molecule has 3 fully saturated rings. The maximum absolute atomic E-state index is 13.4. The second-order valence-electron chi connectivity index (χ2n) is 8.76. The van der Waals surface area contributed by atoms with E-state index in [2.05, 4.69) is 6.92 Å². The minimum Gasteiger partial charge on any atom is -0.384 e. The summed E-state index contributed by atoms with van der Waals surface area (Å²) in [6.45, 7) is 5.80. The third-order valence-electron chi connectivity index (χ3n) is 6.43. The Morgan fingerprint density at radius 3 is 2.41 bits per heavy atom. The lowest BCUT2D eigenvalue weighted by molar-refractivity contribution is 0.0684. The average Bonchev–Trinajstić information content (AvgIpc) is 2.81. The number of amidine groups is 1. The maximum atomic E-state index is 13.4. The van der Waals surface area contributed by atoms with Crippen LogP contribution in [0.5, 0.6) is 0 Å². The third-order valence-corrected chi connectivity index (χ3v) is 8.47. The highest BCUT2D eigenvalue weighted by Gasteiger charge is 2.39. The smallest absolute Gasteiger partial charge is 0.324 e. The molecule has 1 unspecified atom stereocenters. The fourth-order valence-corrected chi connectivity index (χ4v) is 6.31. The van der Waals surface area contributed by atoms with E-state index in [0.717, 1.165) is 5.69 Å². The molecule has 176 valence electrons. The summed E-state index contributed by atoms with van der Waals surface area (Å²) >= 11 is 0. The normalized spacial score (nSPS) is 24.7. The molecule has 4 rings (SSSR count). The van der Waals surface area contributed by atoms with Gasteiger partial charge in [0.25, 0.3) is 10.2 Å². The van der Waals surface area contributed by atoms with Gasteiger partial charge in [0.05, 0.1) is 13.2 Å². The molecule has 2 amide bonds. The quantitative estimate of drug-likeness (QED) is 0.495. The maximum Gasteiger partial charge on any atom is 0.324 e. The molecule has 1 atom stereocenters. The zero-order chi connectivity index (χ0) is 22.9. The molecule has 1 aromatic rings. The Labute approximate surface area is 189 Å². The third kappa shape index (κ3) is 4.61. The van der Waals surface area contributed by atoms with Crippen molar-refractivity contribution in [1.29, 1.82) is 5.41 Å². The number of morpholine rings is 1. The topological polar surface area (TPSA) is 123 Å². The summed E-state index contributed by atoms with van der Waals surface area (Å²) in [6, 6.07) is 7.12. The zero-order valence-electron chi connectivity index (χ0n) is 18.4. The van der Waals surface area contributed by atoms with E-state index in [1.807, 2.05) is 11.0 Å². The second kappa shape index (κ2) is 9.34. The van der Waals surface area contributed by atoms with Crippen molar-refractivity contribution in [3.63, 3.8) is 0 Å². The molecule has 3 saturated heterocycles. The first-order valence-corrected chi connectivity index (χ1v) is 12.5. The molecule has 1 aromatic carbocycles. The van der Waals surface area contributed by atoms with Gasteiger partial charge in [-0.2, -0.15) is 17.0 Å². The van der Waals surface area contributed by atoms with E-state index in [0.29, 0.717) is 70.9 Å². The number of nitrogen functional groups attached to an aromatic ring is 1. The minimum atomic E-state index is -3.49. The predicted octanol–water partition coefficient (Wildman–Crippen LogP) is 0.890. The number of nitrogens with zero attached hydrogens (tertiary/aromatic N) is 4. The number of ether oxygens (including phenoxy) is 1. The van der Waals surface area contributed by atoms with Crippen LogP contribution in [0.25, 0.3) is 0 Å². The van der Waals surface area contributed by atoms with Gasteiger partial charge in [-0.25, -0.2) is 4.79 Å². The molecule has 3 N–H and O–H groups in total. The van der Waals surface area contributed by atoms with E-state index in [1.165, 1.54) is 4.31 Å². The second-order valence-corrected chi connectivity index (χ2v) is 10.7. The van der Waals surface area contributed by atoms with Crippen LogP contribution >= 0.6 is 0 Å². The van der Waals surface area contributed by atoms with Gasteiger partial charge in [0.1, 0.15) is 5.84 Å². The lowest BCUT2D eigenvalue weighted by Gasteiger charge is -2.45. The number of nitrogens with two attached hydrogens (primary N) is 1. The van der Waals surface area contributed by atoms with Crippen LogP contribution in [0.1, 0.15) is 25.3 Å². The number of nitrogens with one attached hydrogen (secondary N) is 1. The van der Waals surface area contributed by atoms with Crippen molar-refractivity contribution in [1.82, 2.24) is 13.5 Å². The van der Waals surface area contributed by atoms with Crippen molar-refractivity contribution in [3.8, 4) is 0 Å². The van der Waals surface area contributed by atoms with Gasteiger partial charge < -0.3 is 15.4 Å². The van der Waals surface area contributed by atoms with Crippen LogP contribution in [0.2, 0.25) is 0 Å². The summed E-state index contributed by atoms with van der Waals surface area (Å²) in [5, 5.41) is 7.68. The van der Waals surface area contributed by atoms with Crippen molar-refractivity contribution in [2.75, 3.05) is 57.4 Å².